The number of ether oxygens (including phenoxy) is 3. The zero-order valence-electron chi connectivity index (χ0n) is 39.7. The Morgan fingerprint density at radius 1 is 0.328 bits per heavy atom. The molecule has 0 amide bonds. The van der Waals surface area contributed by atoms with Crippen molar-refractivity contribution < 1.29 is 28.6 Å². The summed E-state index contributed by atoms with van der Waals surface area (Å²) in [6.45, 7) is 11.3. The maximum atomic E-state index is 12.7. The van der Waals surface area contributed by atoms with Crippen molar-refractivity contribution in [3.63, 3.8) is 0 Å². The molecular weight excluding hydrogens is 721 g/mol. The van der Waals surface area contributed by atoms with E-state index in [0.717, 1.165) is 69.6 Å². The molecule has 0 aromatic heterocycles. The molecule has 0 aliphatic carbocycles. The van der Waals surface area contributed by atoms with Crippen LogP contribution in [0.25, 0.3) is 0 Å². The molecule has 0 fully saturated rings. The summed E-state index contributed by atoms with van der Waals surface area (Å²) >= 11 is 0. The standard InChI is InChI=1S/C52H100O6/c1-6-7-8-9-10-11-12-20-24-27-34-39-44-52(55)58-49(46-57-51(54)43-38-33-29-28-31-36-41-48(4)5)45-56-50(53)42-37-32-26-23-21-18-16-14-13-15-17-19-22-25-30-35-40-47(2)3/h47-49H,6-46H2,1-5H3/t49-/m0/s1. The van der Waals surface area contributed by atoms with Crippen molar-refractivity contribution in [3.05, 3.63) is 0 Å². The Bertz CT molecular complexity index is 885. The first kappa shape index (κ1) is 56.4. The van der Waals surface area contributed by atoms with Crippen LogP contribution in [0.1, 0.15) is 285 Å². The second-order valence-electron chi connectivity index (χ2n) is 18.8. The van der Waals surface area contributed by atoms with E-state index in [0.29, 0.717) is 19.3 Å². The third-order valence-electron chi connectivity index (χ3n) is 11.7. The molecule has 0 aromatic rings. The second kappa shape index (κ2) is 44.9. The van der Waals surface area contributed by atoms with Gasteiger partial charge in [-0.2, -0.15) is 0 Å². The molecule has 1 atom stereocenters. The van der Waals surface area contributed by atoms with Gasteiger partial charge < -0.3 is 14.2 Å². The number of rotatable bonds is 46. The van der Waals surface area contributed by atoms with Crippen molar-refractivity contribution in [2.75, 3.05) is 13.2 Å². The van der Waals surface area contributed by atoms with Crippen molar-refractivity contribution in [1.82, 2.24) is 0 Å². The topological polar surface area (TPSA) is 78.9 Å². The number of carbonyl (C=O) groups excluding carboxylic acids is 3. The van der Waals surface area contributed by atoms with Crippen molar-refractivity contribution in [2.45, 2.75) is 291 Å². The Labute approximate surface area is 361 Å². The molecule has 0 bridgehead atoms. The Balaban J connectivity index is 4.21. The zero-order chi connectivity index (χ0) is 42.6. The molecule has 0 N–H and O–H groups in total. The fourth-order valence-corrected chi connectivity index (χ4v) is 7.81. The number of carbonyl (C=O) groups is 3. The molecule has 6 nitrogen and oxygen atoms in total. The van der Waals surface area contributed by atoms with Crippen LogP contribution in [0.2, 0.25) is 0 Å². The first-order valence-corrected chi connectivity index (χ1v) is 25.7. The summed E-state index contributed by atoms with van der Waals surface area (Å²) in [5.74, 6) is 0.763. The Morgan fingerprint density at radius 2 is 0.569 bits per heavy atom. The summed E-state index contributed by atoms with van der Waals surface area (Å²) in [5, 5.41) is 0. The fraction of sp³-hybridized carbons (Fsp3) is 0.942. The predicted octanol–water partition coefficient (Wildman–Crippen LogP) is 16.5. The highest BCUT2D eigenvalue weighted by atomic mass is 16.6. The van der Waals surface area contributed by atoms with E-state index in [9.17, 15) is 14.4 Å². The lowest BCUT2D eigenvalue weighted by atomic mass is 10.0. The first-order chi connectivity index (χ1) is 28.2. The minimum atomic E-state index is -0.761. The van der Waals surface area contributed by atoms with Gasteiger partial charge in [-0.1, -0.05) is 247 Å². The molecule has 0 aromatic carbocycles. The van der Waals surface area contributed by atoms with Crippen LogP contribution >= 0.6 is 0 Å². The van der Waals surface area contributed by atoms with Crippen molar-refractivity contribution in [1.29, 1.82) is 0 Å². The van der Waals surface area contributed by atoms with Crippen LogP contribution < -0.4 is 0 Å². The van der Waals surface area contributed by atoms with Crippen LogP contribution in [0.5, 0.6) is 0 Å². The summed E-state index contributed by atoms with van der Waals surface area (Å²) in [6, 6.07) is 0. The average Bonchev–Trinajstić information content (AvgIpc) is 3.19. The molecule has 344 valence electrons. The molecule has 0 aliphatic heterocycles. The largest absolute Gasteiger partial charge is 0.462 e. The summed E-state index contributed by atoms with van der Waals surface area (Å²) < 4.78 is 16.8. The van der Waals surface area contributed by atoms with Gasteiger partial charge in [0.2, 0.25) is 0 Å². The van der Waals surface area contributed by atoms with Crippen molar-refractivity contribution in [2.24, 2.45) is 11.8 Å². The summed E-state index contributed by atoms with van der Waals surface area (Å²) in [5.41, 5.74) is 0. The molecule has 0 radical (unpaired) electrons. The Hall–Kier alpha value is -1.59. The number of unbranched alkanes of at least 4 members (excludes halogenated alkanes) is 31. The monoisotopic (exact) mass is 821 g/mol. The van der Waals surface area contributed by atoms with Crippen LogP contribution in [0, 0.1) is 11.8 Å². The van der Waals surface area contributed by atoms with E-state index in [1.807, 2.05) is 0 Å². The molecule has 6 heteroatoms. The highest BCUT2D eigenvalue weighted by Crippen LogP contribution is 2.17. The lowest BCUT2D eigenvalue weighted by molar-refractivity contribution is -0.167. The smallest absolute Gasteiger partial charge is 0.306 e. The molecule has 0 heterocycles. The maximum Gasteiger partial charge on any atom is 0.306 e. The minimum Gasteiger partial charge on any atom is -0.462 e. The highest BCUT2D eigenvalue weighted by Gasteiger charge is 2.19. The molecular formula is C52H100O6. The average molecular weight is 821 g/mol. The third-order valence-corrected chi connectivity index (χ3v) is 11.7. The summed E-state index contributed by atoms with van der Waals surface area (Å²) in [4.78, 5) is 37.8. The van der Waals surface area contributed by atoms with Gasteiger partial charge in [-0.25, -0.2) is 0 Å². The predicted molar refractivity (Wildman–Crippen MR) is 247 cm³/mol. The number of hydrogen-bond acceptors (Lipinski definition) is 6. The second-order valence-corrected chi connectivity index (χ2v) is 18.8. The van der Waals surface area contributed by atoms with E-state index in [4.69, 9.17) is 14.2 Å². The van der Waals surface area contributed by atoms with Crippen LogP contribution in [-0.4, -0.2) is 37.2 Å². The zero-order valence-corrected chi connectivity index (χ0v) is 39.7. The molecule has 0 aliphatic rings. The van der Waals surface area contributed by atoms with Crippen LogP contribution in [0.4, 0.5) is 0 Å². The molecule has 0 rings (SSSR count). The summed E-state index contributed by atoms with van der Waals surface area (Å²) in [6.07, 6.45) is 45.3. The van der Waals surface area contributed by atoms with Gasteiger partial charge in [0, 0.05) is 19.3 Å². The number of hydrogen-bond donors (Lipinski definition) is 0. The normalized spacial score (nSPS) is 12.1. The van der Waals surface area contributed by atoms with E-state index in [1.54, 1.807) is 0 Å². The fourth-order valence-electron chi connectivity index (χ4n) is 7.81. The lowest BCUT2D eigenvalue weighted by Crippen LogP contribution is -2.30. The van der Waals surface area contributed by atoms with Crippen LogP contribution in [0.3, 0.4) is 0 Å². The lowest BCUT2D eigenvalue weighted by Gasteiger charge is -2.18. The Kier molecular flexibility index (Phi) is 43.7. The molecule has 0 saturated heterocycles. The van der Waals surface area contributed by atoms with Gasteiger partial charge in [0.15, 0.2) is 6.10 Å². The van der Waals surface area contributed by atoms with Crippen LogP contribution in [-0.2, 0) is 28.6 Å². The molecule has 0 saturated carbocycles. The number of esters is 3. The van der Waals surface area contributed by atoms with Gasteiger partial charge in [0.25, 0.3) is 0 Å². The summed E-state index contributed by atoms with van der Waals surface area (Å²) in [7, 11) is 0. The van der Waals surface area contributed by atoms with Gasteiger partial charge in [-0.05, 0) is 31.1 Å². The van der Waals surface area contributed by atoms with Gasteiger partial charge in [-0.3, -0.25) is 14.4 Å². The minimum absolute atomic E-state index is 0.0644. The van der Waals surface area contributed by atoms with Crippen LogP contribution in [0.15, 0.2) is 0 Å². The SMILES string of the molecule is CCCCCCCCCCCCCCC(=O)O[C@@H](COC(=O)CCCCCCCCCCCCCCCCCCC(C)C)COC(=O)CCCCCCCCC(C)C. The van der Waals surface area contributed by atoms with Gasteiger partial charge in [0.05, 0.1) is 0 Å². The van der Waals surface area contributed by atoms with Crippen molar-refractivity contribution in [3.8, 4) is 0 Å². The maximum absolute atomic E-state index is 12.7. The van der Waals surface area contributed by atoms with Gasteiger partial charge in [0.1, 0.15) is 13.2 Å². The first-order valence-electron chi connectivity index (χ1n) is 25.7. The molecule has 0 spiro atoms. The third kappa shape index (κ3) is 45.5. The quantitative estimate of drug-likeness (QED) is 0.0346. The van der Waals surface area contributed by atoms with E-state index >= 15 is 0 Å². The van der Waals surface area contributed by atoms with E-state index in [-0.39, 0.29) is 31.1 Å². The van der Waals surface area contributed by atoms with Gasteiger partial charge >= 0.3 is 17.9 Å². The Morgan fingerprint density at radius 3 is 0.845 bits per heavy atom. The van der Waals surface area contributed by atoms with E-state index in [2.05, 4.69) is 34.6 Å². The van der Waals surface area contributed by atoms with E-state index in [1.165, 1.54) is 173 Å². The van der Waals surface area contributed by atoms with Gasteiger partial charge in [-0.15, -0.1) is 0 Å². The van der Waals surface area contributed by atoms with Crippen molar-refractivity contribution >= 4 is 17.9 Å². The molecule has 0 unspecified atom stereocenters. The molecule has 58 heavy (non-hydrogen) atoms. The highest BCUT2D eigenvalue weighted by molar-refractivity contribution is 5.71. The van der Waals surface area contributed by atoms with E-state index < -0.39 is 6.10 Å².